The van der Waals surface area contributed by atoms with E-state index >= 15 is 0 Å². The van der Waals surface area contributed by atoms with Crippen molar-refractivity contribution in [1.29, 1.82) is 0 Å². The number of fused-ring (bicyclic) bond motifs is 1. The average Bonchev–Trinajstić information content (AvgIpc) is 3.80. The van der Waals surface area contributed by atoms with Crippen LogP contribution in [0.15, 0.2) is 43.0 Å². The quantitative estimate of drug-likeness (QED) is 0.0993. The molecule has 0 fully saturated rings. The highest BCUT2D eigenvalue weighted by Gasteiger charge is 2.49. The molecule has 0 radical (unpaired) electrons. The van der Waals surface area contributed by atoms with Gasteiger partial charge in [0.25, 0.3) is 11.8 Å². The molecule has 0 aliphatic carbocycles. The molecule has 2 aromatic heterocycles. The van der Waals surface area contributed by atoms with Crippen LogP contribution in [0.4, 0.5) is 0 Å². The Morgan fingerprint density at radius 3 is 1.07 bits per heavy atom. The van der Waals surface area contributed by atoms with Crippen LogP contribution in [0.3, 0.4) is 0 Å². The minimum Gasteiger partial charge on any atom is -0.306 e. The van der Waals surface area contributed by atoms with Crippen LogP contribution in [-0.2, 0) is 9.59 Å². The zero-order chi connectivity index (χ0) is 32.7. The van der Waals surface area contributed by atoms with E-state index in [0.29, 0.717) is 24.2 Å². The topological polar surface area (TPSA) is 40.6 Å². The van der Waals surface area contributed by atoms with E-state index in [1.807, 2.05) is 21.9 Å². The molecule has 46 heavy (non-hydrogen) atoms. The van der Waals surface area contributed by atoms with Crippen molar-refractivity contribution in [3.8, 4) is 0 Å². The number of nitrogens with zero attached hydrogens (tertiary/aromatic N) is 2. The van der Waals surface area contributed by atoms with Gasteiger partial charge >= 0.3 is 0 Å². The zero-order valence-electron chi connectivity index (χ0n) is 28.1. The second-order valence-corrected chi connectivity index (χ2v) is 17.9. The van der Waals surface area contributed by atoms with E-state index in [0.717, 1.165) is 54.4 Å². The van der Waals surface area contributed by atoms with Gasteiger partial charge in [-0.15, -0.1) is 22.7 Å². The molecule has 2 aliphatic rings. The van der Waals surface area contributed by atoms with Crippen LogP contribution in [0.1, 0.15) is 152 Å². The van der Waals surface area contributed by atoms with Gasteiger partial charge < -0.3 is 9.80 Å². The summed E-state index contributed by atoms with van der Waals surface area (Å²) in [6, 6.07) is 8.16. The summed E-state index contributed by atoms with van der Waals surface area (Å²) in [5.74, 6) is -0.0206. The predicted octanol–water partition coefficient (Wildman–Crippen LogP) is 13.0. The molecule has 8 heteroatoms. The number of unbranched alkanes of at least 4 members (excludes halogenated alkanes) is 18. The smallest absolute Gasteiger partial charge is 0.261 e. The molecule has 0 unspecified atom stereocenters. The van der Waals surface area contributed by atoms with Gasteiger partial charge in [-0.2, -0.15) is 0 Å². The number of halogens is 2. The Balaban J connectivity index is 1.44. The summed E-state index contributed by atoms with van der Waals surface area (Å²) in [5.41, 5.74) is 2.85. The molecule has 0 saturated heterocycles. The van der Waals surface area contributed by atoms with Gasteiger partial charge in [-0.05, 0) is 69.0 Å². The summed E-state index contributed by atoms with van der Waals surface area (Å²) in [4.78, 5) is 34.5. The molecule has 0 spiro atoms. The lowest BCUT2D eigenvalue weighted by atomic mass is 10.1. The lowest BCUT2D eigenvalue weighted by molar-refractivity contribution is -0.124. The predicted molar refractivity (Wildman–Crippen MR) is 205 cm³/mol. The molecule has 0 aromatic carbocycles. The van der Waals surface area contributed by atoms with Crippen molar-refractivity contribution in [1.82, 2.24) is 9.80 Å². The highest BCUT2D eigenvalue weighted by molar-refractivity contribution is 9.11. The zero-order valence-corrected chi connectivity index (χ0v) is 33.0. The molecule has 2 aromatic rings. The van der Waals surface area contributed by atoms with Crippen molar-refractivity contribution in [3.05, 3.63) is 52.7 Å². The third-order valence-electron chi connectivity index (χ3n) is 9.27. The van der Waals surface area contributed by atoms with E-state index in [9.17, 15) is 9.59 Å². The summed E-state index contributed by atoms with van der Waals surface area (Å²) in [7, 11) is 0. The summed E-state index contributed by atoms with van der Waals surface area (Å²) < 4.78 is 2.02. The van der Waals surface area contributed by atoms with Gasteiger partial charge in [0.05, 0.1) is 39.9 Å². The second kappa shape index (κ2) is 20.3. The van der Waals surface area contributed by atoms with Crippen molar-refractivity contribution in [3.63, 3.8) is 0 Å². The summed E-state index contributed by atoms with van der Waals surface area (Å²) in [5, 5.41) is 0. The molecular weight excluding hydrogens is 740 g/mol. The third-order valence-corrected chi connectivity index (χ3v) is 12.5. The standard InChI is InChI=1S/C38H54Br2N2O2S2/c1-3-5-7-9-11-13-15-17-19-21-27-41-35(29-23-25-31(39)45-29)33-34(37(41)43)36(30-24-26-32(40)46-30)42(38(33)44)28-22-20-18-16-14-12-10-8-6-4-2/h23-26H,3-22,27-28H2,1-2H3. The number of carbonyl (C=O) groups is 2. The van der Waals surface area contributed by atoms with Crippen LogP contribution in [0.5, 0.6) is 0 Å². The molecule has 0 atom stereocenters. The van der Waals surface area contributed by atoms with Gasteiger partial charge in [0, 0.05) is 13.1 Å². The molecule has 4 rings (SSSR count). The minimum absolute atomic E-state index is 0.0103. The van der Waals surface area contributed by atoms with Gasteiger partial charge in [0.2, 0.25) is 0 Å². The Hall–Kier alpha value is -1.22. The van der Waals surface area contributed by atoms with Crippen LogP contribution < -0.4 is 0 Å². The van der Waals surface area contributed by atoms with E-state index in [1.165, 1.54) is 103 Å². The first kappa shape index (κ1) is 37.6. The average molecular weight is 795 g/mol. The van der Waals surface area contributed by atoms with Crippen LogP contribution in [0, 0.1) is 0 Å². The van der Waals surface area contributed by atoms with Crippen LogP contribution in [-0.4, -0.2) is 34.7 Å². The Kier molecular flexibility index (Phi) is 16.6. The number of thiophene rings is 2. The Labute approximate surface area is 303 Å². The van der Waals surface area contributed by atoms with Gasteiger partial charge in [-0.1, -0.05) is 129 Å². The summed E-state index contributed by atoms with van der Waals surface area (Å²) >= 11 is 10.5. The molecule has 2 aliphatic heterocycles. The fraction of sp³-hybridized carbons (Fsp3) is 0.632. The summed E-state index contributed by atoms with van der Waals surface area (Å²) in [6.45, 7) is 5.84. The number of carbonyl (C=O) groups excluding carboxylic acids is 2. The largest absolute Gasteiger partial charge is 0.306 e. The fourth-order valence-electron chi connectivity index (χ4n) is 6.73. The molecule has 0 N–H and O–H groups in total. The van der Waals surface area contributed by atoms with Gasteiger partial charge in [0.15, 0.2) is 0 Å². The first-order valence-electron chi connectivity index (χ1n) is 18.1. The molecule has 254 valence electrons. The number of hydrogen-bond donors (Lipinski definition) is 0. The van der Waals surface area contributed by atoms with Crippen molar-refractivity contribution in [2.45, 2.75) is 142 Å². The van der Waals surface area contributed by atoms with Crippen molar-refractivity contribution < 1.29 is 9.59 Å². The highest BCUT2D eigenvalue weighted by atomic mass is 79.9. The first-order chi connectivity index (χ1) is 22.5. The van der Waals surface area contributed by atoms with Crippen LogP contribution in [0.2, 0.25) is 0 Å². The van der Waals surface area contributed by atoms with E-state index in [2.05, 4.69) is 57.8 Å². The van der Waals surface area contributed by atoms with Gasteiger partial charge in [-0.25, -0.2) is 0 Å². The molecule has 2 amide bonds. The lowest BCUT2D eigenvalue weighted by Gasteiger charge is -2.24. The Bertz CT molecular complexity index is 1230. The van der Waals surface area contributed by atoms with E-state index in [4.69, 9.17) is 0 Å². The van der Waals surface area contributed by atoms with Crippen molar-refractivity contribution in [2.75, 3.05) is 13.1 Å². The Morgan fingerprint density at radius 1 is 0.478 bits per heavy atom. The lowest BCUT2D eigenvalue weighted by Crippen LogP contribution is -2.30. The van der Waals surface area contributed by atoms with Gasteiger partial charge in [0.1, 0.15) is 0 Å². The minimum atomic E-state index is -0.0103. The van der Waals surface area contributed by atoms with E-state index in [-0.39, 0.29) is 11.8 Å². The first-order valence-corrected chi connectivity index (χ1v) is 21.3. The number of hydrogen-bond acceptors (Lipinski definition) is 4. The molecule has 0 bridgehead atoms. The third kappa shape index (κ3) is 10.4. The maximum atomic E-state index is 14.3. The summed E-state index contributed by atoms with van der Waals surface area (Å²) in [6.07, 6.45) is 25.1. The molecule has 0 saturated carbocycles. The molecule has 4 heterocycles. The number of amides is 2. The van der Waals surface area contributed by atoms with Crippen LogP contribution in [0.25, 0.3) is 11.4 Å². The fourth-order valence-corrected chi connectivity index (χ4v) is 9.63. The molecule has 4 nitrogen and oxygen atoms in total. The monoisotopic (exact) mass is 792 g/mol. The second-order valence-electron chi connectivity index (χ2n) is 12.9. The highest BCUT2D eigenvalue weighted by Crippen LogP contribution is 2.49. The Morgan fingerprint density at radius 2 is 0.783 bits per heavy atom. The maximum Gasteiger partial charge on any atom is 0.261 e. The number of rotatable bonds is 24. The van der Waals surface area contributed by atoms with E-state index in [1.54, 1.807) is 22.7 Å². The normalized spacial score (nSPS) is 15.0. The molecular formula is C38H54Br2N2O2S2. The van der Waals surface area contributed by atoms with Crippen molar-refractivity contribution in [2.24, 2.45) is 0 Å². The van der Waals surface area contributed by atoms with Crippen LogP contribution >= 0.6 is 54.5 Å². The van der Waals surface area contributed by atoms with Gasteiger partial charge in [-0.3, -0.25) is 9.59 Å². The van der Waals surface area contributed by atoms with E-state index < -0.39 is 0 Å². The SMILES string of the molecule is CCCCCCCCCCCCN1C(=O)C2=C(c3ccc(Br)s3)N(CCCCCCCCCCCC)C(=O)C2=C1c1ccc(Br)s1. The maximum absolute atomic E-state index is 14.3. The van der Waals surface area contributed by atoms with Crippen molar-refractivity contribution >= 4 is 77.7 Å².